The van der Waals surface area contributed by atoms with Crippen LogP contribution in [-0.4, -0.2) is 0 Å². The fourth-order valence-electron chi connectivity index (χ4n) is 0.906. The summed E-state index contributed by atoms with van der Waals surface area (Å²) in [5.74, 6) is 0. The number of hydrogen-bond donors (Lipinski definition) is 0. The zero-order valence-electron chi connectivity index (χ0n) is 7.64. The summed E-state index contributed by atoms with van der Waals surface area (Å²) in [6, 6.07) is 0. The Bertz CT molecular complexity index is 253. The molecule has 0 aliphatic heterocycles. The van der Waals surface area contributed by atoms with E-state index in [2.05, 4.69) is 24.3 Å². The molecule has 66 valence electrons. The van der Waals surface area contributed by atoms with E-state index in [1.165, 1.54) is 0 Å². The molecule has 0 aromatic carbocycles. The van der Waals surface area contributed by atoms with Crippen molar-refractivity contribution >= 4 is 0 Å². The van der Waals surface area contributed by atoms with Crippen molar-refractivity contribution in [2.45, 2.75) is 6.42 Å². The van der Waals surface area contributed by atoms with Gasteiger partial charge in [-0.05, 0) is 6.42 Å². The molecule has 0 bridgehead atoms. The van der Waals surface area contributed by atoms with Crippen LogP contribution >= 0.6 is 0 Å². The molecular weight excluding hydrogens is 156 g/mol. The average Bonchev–Trinajstić information content (AvgIpc) is 2.18. The van der Waals surface area contributed by atoms with Gasteiger partial charge in [0, 0.05) is 0 Å². The van der Waals surface area contributed by atoms with Gasteiger partial charge in [0.25, 0.3) is 0 Å². The van der Waals surface area contributed by atoms with E-state index >= 15 is 0 Å². The van der Waals surface area contributed by atoms with Gasteiger partial charge in [-0.1, -0.05) is 72.9 Å². The van der Waals surface area contributed by atoms with Gasteiger partial charge < -0.3 is 0 Å². The quantitative estimate of drug-likeness (QED) is 0.519. The van der Waals surface area contributed by atoms with Crippen molar-refractivity contribution in [2.75, 3.05) is 0 Å². The van der Waals surface area contributed by atoms with Crippen LogP contribution in [0, 0.1) is 0 Å². The monoisotopic (exact) mass is 170 g/mol. The zero-order valence-corrected chi connectivity index (χ0v) is 7.64. The Hall–Kier alpha value is -1.56. The van der Waals surface area contributed by atoms with Crippen molar-refractivity contribution in [1.82, 2.24) is 0 Å². The van der Waals surface area contributed by atoms with Crippen LogP contribution in [-0.2, 0) is 0 Å². The largest absolute Gasteiger partial charge is 0.0807 e. The summed E-state index contributed by atoms with van der Waals surface area (Å²) in [6.07, 6.45) is 25.5. The van der Waals surface area contributed by atoms with Crippen molar-refractivity contribution in [3.8, 4) is 0 Å². The zero-order chi connectivity index (χ0) is 9.19. The molecule has 0 heteroatoms. The molecule has 0 radical (unpaired) electrons. The van der Waals surface area contributed by atoms with E-state index in [0.717, 1.165) is 6.42 Å². The topological polar surface area (TPSA) is 0 Å². The van der Waals surface area contributed by atoms with Crippen molar-refractivity contribution in [3.05, 3.63) is 72.9 Å². The van der Waals surface area contributed by atoms with Gasteiger partial charge in [0.2, 0.25) is 0 Å². The minimum Gasteiger partial charge on any atom is -0.0807 e. The first-order valence-electron chi connectivity index (χ1n) is 4.48. The Morgan fingerprint density at radius 2 is 0.692 bits per heavy atom. The van der Waals surface area contributed by atoms with Crippen molar-refractivity contribution in [2.24, 2.45) is 0 Å². The van der Waals surface area contributed by atoms with Gasteiger partial charge in [0.1, 0.15) is 0 Å². The van der Waals surface area contributed by atoms with E-state index in [4.69, 9.17) is 0 Å². The highest BCUT2D eigenvalue weighted by molar-refractivity contribution is 5.20. The molecule has 1 rings (SSSR count). The minimum atomic E-state index is 0.988. The molecule has 0 amide bonds. The predicted molar refractivity (Wildman–Crippen MR) is 59.5 cm³/mol. The van der Waals surface area contributed by atoms with Gasteiger partial charge in [-0.3, -0.25) is 0 Å². The van der Waals surface area contributed by atoms with E-state index < -0.39 is 0 Å². The Kier molecular flexibility index (Phi) is 5.21. The van der Waals surface area contributed by atoms with Gasteiger partial charge in [-0.15, -0.1) is 0 Å². The fourth-order valence-corrected chi connectivity index (χ4v) is 0.906. The molecule has 0 heterocycles. The van der Waals surface area contributed by atoms with Gasteiger partial charge in [-0.25, -0.2) is 0 Å². The molecule has 0 fully saturated rings. The van der Waals surface area contributed by atoms with Crippen LogP contribution in [0.3, 0.4) is 0 Å². The minimum absolute atomic E-state index is 0.988. The summed E-state index contributed by atoms with van der Waals surface area (Å²) < 4.78 is 0. The van der Waals surface area contributed by atoms with Crippen LogP contribution < -0.4 is 0 Å². The molecule has 0 atom stereocenters. The molecule has 1 aliphatic carbocycles. The summed E-state index contributed by atoms with van der Waals surface area (Å²) in [6.45, 7) is 0. The van der Waals surface area contributed by atoms with E-state index in [9.17, 15) is 0 Å². The van der Waals surface area contributed by atoms with Gasteiger partial charge in [0.15, 0.2) is 0 Å². The van der Waals surface area contributed by atoms with Crippen molar-refractivity contribution < 1.29 is 0 Å². The molecule has 0 unspecified atom stereocenters. The van der Waals surface area contributed by atoms with Crippen LogP contribution in [0.25, 0.3) is 0 Å². The third kappa shape index (κ3) is 5.68. The maximum atomic E-state index is 2.12. The standard InChI is InChI=1S/C13H14/c1-2-4-6-8-10-12-13-11-9-7-5-3-1/h1-12H,13H2/b3-1-,4-2+,7-5-,8-6-,11-9+,12-10+. The first-order valence-corrected chi connectivity index (χ1v) is 4.48. The van der Waals surface area contributed by atoms with Crippen LogP contribution in [0.5, 0.6) is 0 Å². The second-order valence-electron chi connectivity index (χ2n) is 2.63. The summed E-state index contributed by atoms with van der Waals surface area (Å²) in [7, 11) is 0. The van der Waals surface area contributed by atoms with Crippen molar-refractivity contribution in [3.63, 3.8) is 0 Å². The molecule has 0 aromatic heterocycles. The molecule has 0 saturated carbocycles. The van der Waals surface area contributed by atoms with E-state index in [1.807, 2.05) is 48.6 Å². The van der Waals surface area contributed by atoms with Gasteiger partial charge in [-0.2, -0.15) is 0 Å². The van der Waals surface area contributed by atoms with Crippen LogP contribution in [0.4, 0.5) is 0 Å². The highest BCUT2D eigenvalue weighted by Gasteiger charge is 1.69. The third-order valence-electron chi connectivity index (χ3n) is 1.54. The highest BCUT2D eigenvalue weighted by Crippen LogP contribution is 1.90. The van der Waals surface area contributed by atoms with Crippen LogP contribution in [0.15, 0.2) is 72.9 Å². The smallest absolute Gasteiger partial charge is 0.0163 e. The molecule has 1 aliphatic rings. The lowest BCUT2D eigenvalue weighted by Gasteiger charge is -1.77. The lowest BCUT2D eigenvalue weighted by molar-refractivity contribution is 1.39. The molecule has 0 spiro atoms. The molecule has 0 nitrogen and oxygen atoms in total. The van der Waals surface area contributed by atoms with Gasteiger partial charge in [0.05, 0.1) is 0 Å². The Morgan fingerprint density at radius 3 is 1.08 bits per heavy atom. The average molecular weight is 170 g/mol. The lowest BCUT2D eigenvalue weighted by Crippen LogP contribution is -1.56. The molecule has 13 heavy (non-hydrogen) atoms. The molecule has 0 N–H and O–H groups in total. The van der Waals surface area contributed by atoms with Crippen LogP contribution in [0.2, 0.25) is 0 Å². The molecule has 0 aromatic rings. The molecular formula is C13H14. The SMILES string of the molecule is C1=C\C=C\C=C/C=C/C\C=C\C=C/1. The normalized spacial score (nSPS) is 31.4. The number of allylic oxidation sites excluding steroid dienone is 12. The number of hydrogen-bond acceptors (Lipinski definition) is 0. The van der Waals surface area contributed by atoms with Crippen molar-refractivity contribution in [1.29, 1.82) is 0 Å². The van der Waals surface area contributed by atoms with E-state index in [-0.39, 0.29) is 0 Å². The first kappa shape index (κ1) is 9.53. The van der Waals surface area contributed by atoms with E-state index in [1.54, 1.807) is 0 Å². The fraction of sp³-hybridized carbons (Fsp3) is 0.0769. The second kappa shape index (κ2) is 7.11. The Balaban J connectivity index is 2.62. The van der Waals surface area contributed by atoms with E-state index in [0.29, 0.717) is 0 Å². The lowest BCUT2D eigenvalue weighted by atomic mass is 10.3. The Morgan fingerprint density at radius 1 is 0.385 bits per heavy atom. The second-order valence-corrected chi connectivity index (χ2v) is 2.63. The summed E-state index contributed by atoms with van der Waals surface area (Å²) >= 11 is 0. The maximum Gasteiger partial charge on any atom is -0.0163 e. The summed E-state index contributed by atoms with van der Waals surface area (Å²) in [5.41, 5.74) is 0. The maximum absolute atomic E-state index is 2.12. The first-order chi connectivity index (χ1) is 6.50. The highest BCUT2D eigenvalue weighted by atomic mass is 13.8. The summed E-state index contributed by atoms with van der Waals surface area (Å²) in [4.78, 5) is 0. The van der Waals surface area contributed by atoms with Gasteiger partial charge >= 0.3 is 0 Å². The third-order valence-corrected chi connectivity index (χ3v) is 1.54. The number of rotatable bonds is 0. The van der Waals surface area contributed by atoms with Crippen LogP contribution in [0.1, 0.15) is 6.42 Å². The predicted octanol–water partition coefficient (Wildman–Crippen LogP) is 3.73. The Labute approximate surface area is 80.0 Å². The molecule has 0 saturated heterocycles. The summed E-state index contributed by atoms with van der Waals surface area (Å²) in [5, 5.41) is 0.